The summed E-state index contributed by atoms with van der Waals surface area (Å²) in [5.41, 5.74) is 1.37. The van der Waals surface area contributed by atoms with Crippen LogP contribution in [-0.4, -0.2) is 27.9 Å². The van der Waals surface area contributed by atoms with Gasteiger partial charge >= 0.3 is 5.69 Å². The minimum atomic E-state index is -0.772. The third kappa shape index (κ3) is 3.17. The number of aromatic hydroxyl groups is 1. The zero-order valence-electron chi connectivity index (χ0n) is 15.0. The van der Waals surface area contributed by atoms with E-state index in [0.717, 1.165) is 17.1 Å². The van der Waals surface area contributed by atoms with Gasteiger partial charge in [-0.3, -0.25) is 14.9 Å². The first-order valence-corrected chi connectivity index (χ1v) is 8.16. The predicted molar refractivity (Wildman–Crippen MR) is 102 cm³/mol. The number of hydrogen-bond donors (Lipinski definition) is 2. The van der Waals surface area contributed by atoms with Gasteiger partial charge in [0.1, 0.15) is 11.6 Å². The summed E-state index contributed by atoms with van der Waals surface area (Å²) in [5.74, 6) is -1.27. The van der Waals surface area contributed by atoms with Gasteiger partial charge in [-0.1, -0.05) is 12.1 Å². The second-order valence-corrected chi connectivity index (χ2v) is 6.05. The molecule has 0 atom stereocenters. The first-order valence-electron chi connectivity index (χ1n) is 8.16. The fourth-order valence-electron chi connectivity index (χ4n) is 3.00. The van der Waals surface area contributed by atoms with Crippen LogP contribution in [0.2, 0.25) is 0 Å². The minimum absolute atomic E-state index is 0.131. The van der Waals surface area contributed by atoms with Crippen LogP contribution < -0.4 is 4.74 Å². The van der Waals surface area contributed by atoms with Gasteiger partial charge in [-0.2, -0.15) is 5.26 Å². The summed E-state index contributed by atoms with van der Waals surface area (Å²) in [6.45, 7) is 1.86. The number of phenolic OH excluding ortho intramolecular Hbond substituents is 1. The highest BCUT2D eigenvalue weighted by Gasteiger charge is 2.21. The lowest BCUT2D eigenvalue weighted by molar-refractivity contribution is -0.386. The van der Waals surface area contributed by atoms with E-state index in [1.54, 1.807) is 0 Å². The molecule has 0 amide bonds. The Morgan fingerprint density at radius 1 is 1.39 bits per heavy atom. The number of methoxy groups -OCH3 is 1. The number of H-pyrrole nitrogens is 1. The number of carbonyl (C=O) groups excluding carboxylic acids is 1. The van der Waals surface area contributed by atoms with Gasteiger partial charge in [-0.15, -0.1) is 0 Å². The van der Waals surface area contributed by atoms with Crippen LogP contribution in [0.4, 0.5) is 5.69 Å². The number of ether oxygens (including phenoxy) is 1. The number of rotatable bonds is 5. The van der Waals surface area contributed by atoms with Crippen molar-refractivity contribution in [1.29, 1.82) is 5.26 Å². The Hall–Kier alpha value is -4.12. The van der Waals surface area contributed by atoms with Crippen molar-refractivity contribution in [1.82, 2.24) is 4.98 Å². The van der Waals surface area contributed by atoms with Gasteiger partial charge in [-0.05, 0) is 36.3 Å². The molecule has 0 aliphatic heterocycles. The first-order chi connectivity index (χ1) is 13.4. The van der Waals surface area contributed by atoms with Gasteiger partial charge in [0.2, 0.25) is 11.5 Å². The lowest BCUT2D eigenvalue weighted by Crippen LogP contribution is -2.02. The SMILES string of the molecule is COc1cc(/C=C(/C#N)C(=O)c2c[nH]c3cccc(C)c23)cc([N+](=O)[O-])c1O. The standard InChI is InChI=1S/C20H15N3O5/c1-11-4-3-5-15-18(11)14(10-22-15)19(24)13(9-21)6-12-7-16(23(26)27)20(25)17(8-12)28-2/h3-8,10,22,25H,1-2H3/b13-6-. The fourth-order valence-corrected chi connectivity index (χ4v) is 3.00. The molecular weight excluding hydrogens is 362 g/mol. The summed E-state index contributed by atoms with van der Waals surface area (Å²) in [5, 5.41) is 31.2. The molecule has 1 aromatic heterocycles. The molecule has 0 aliphatic rings. The summed E-state index contributed by atoms with van der Waals surface area (Å²) < 4.78 is 4.94. The molecule has 2 aromatic carbocycles. The topological polar surface area (TPSA) is 129 Å². The number of benzene rings is 2. The molecular formula is C20H15N3O5. The van der Waals surface area contributed by atoms with E-state index in [0.29, 0.717) is 10.9 Å². The third-order valence-corrected chi connectivity index (χ3v) is 4.33. The monoisotopic (exact) mass is 377 g/mol. The predicted octanol–water partition coefficient (Wildman–Crippen LogP) is 3.89. The molecule has 3 aromatic rings. The summed E-state index contributed by atoms with van der Waals surface area (Å²) in [6, 6.07) is 9.77. The van der Waals surface area contributed by atoms with E-state index >= 15 is 0 Å². The molecule has 0 radical (unpaired) electrons. The van der Waals surface area contributed by atoms with Crippen LogP contribution in [0.15, 0.2) is 42.1 Å². The molecule has 3 rings (SSSR count). The van der Waals surface area contributed by atoms with Crippen molar-refractivity contribution in [2.45, 2.75) is 6.92 Å². The highest BCUT2D eigenvalue weighted by Crippen LogP contribution is 2.37. The summed E-state index contributed by atoms with van der Waals surface area (Å²) in [7, 11) is 1.25. The van der Waals surface area contributed by atoms with E-state index in [9.17, 15) is 25.3 Å². The number of allylic oxidation sites excluding steroid dienone is 1. The highest BCUT2D eigenvalue weighted by molar-refractivity contribution is 6.20. The molecule has 0 saturated heterocycles. The van der Waals surface area contributed by atoms with Crippen molar-refractivity contribution in [2.75, 3.05) is 7.11 Å². The van der Waals surface area contributed by atoms with Crippen molar-refractivity contribution >= 4 is 28.4 Å². The third-order valence-electron chi connectivity index (χ3n) is 4.33. The highest BCUT2D eigenvalue weighted by atomic mass is 16.6. The van der Waals surface area contributed by atoms with Crippen LogP contribution >= 0.6 is 0 Å². The molecule has 8 heteroatoms. The molecule has 0 unspecified atom stereocenters. The number of aromatic amines is 1. The van der Waals surface area contributed by atoms with Crippen molar-refractivity contribution in [3.05, 3.63) is 68.9 Å². The van der Waals surface area contributed by atoms with Gasteiger partial charge in [0.25, 0.3) is 0 Å². The van der Waals surface area contributed by atoms with Crippen LogP contribution in [0.5, 0.6) is 11.5 Å². The zero-order valence-corrected chi connectivity index (χ0v) is 15.0. The van der Waals surface area contributed by atoms with Crippen LogP contribution in [0, 0.1) is 28.4 Å². The van der Waals surface area contributed by atoms with Crippen LogP contribution in [0.3, 0.4) is 0 Å². The molecule has 0 spiro atoms. The Bertz CT molecular complexity index is 1180. The van der Waals surface area contributed by atoms with Gasteiger partial charge in [0.15, 0.2) is 5.75 Å². The van der Waals surface area contributed by atoms with Crippen molar-refractivity contribution in [3.8, 4) is 17.6 Å². The molecule has 8 nitrogen and oxygen atoms in total. The fraction of sp³-hybridized carbons (Fsp3) is 0.100. The summed E-state index contributed by atoms with van der Waals surface area (Å²) >= 11 is 0. The van der Waals surface area contributed by atoms with Crippen molar-refractivity contribution < 1.29 is 19.6 Å². The quantitative estimate of drug-likeness (QED) is 0.228. The normalized spacial score (nSPS) is 11.2. The lowest BCUT2D eigenvalue weighted by Gasteiger charge is -2.06. The Kier molecular flexibility index (Phi) is 4.83. The smallest absolute Gasteiger partial charge is 0.315 e. The molecule has 28 heavy (non-hydrogen) atoms. The molecule has 0 aliphatic carbocycles. The second-order valence-electron chi connectivity index (χ2n) is 6.05. The molecule has 2 N–H and O–H groups in total. The van der Waals surface area contributed by atoms with Gasteiger partial charge < -0.3 is 14.8 Å². The number of nitrogens with one attached hydrogen (secondary N) is 1. The molecule has 0 saturated carbocycles. The van der Waals surface area contributed by atoms with Gasteiger partial charge in [-0.25, -0.2) is 0 Å². The number of carbonyl (C=O) groups is 1. The number of ketones is 1. The number of nitro groups is 1. The maximum atomic E-state index is 12.9. The van der Waals surface area contributed by atoms with E-state index in [1.165, 1.54) is 25.4 Å². The number of phenols is 1. The minimum Gasteiger partial charge on any atom is -0.500 e. The Balaban J connectivity index is 2.12. The van der Waals surface area contributed by atoms with E-state index in [-0.39, 0.29) is 16.9 Å². The van der Waals surface area contributed by atoms with E-state index < -0.39 is 22.1 Å². The number of fused-ring (bicyclic) bond motifs is 1. The maximum Gasteiger partial charge on any atom is 0.315 e. The van der Waals surface area contributed by atoms with Crippen LogP contribution in [0.1, 0.15) is 21.5 Å². The Labute approximate surface area is 159 Å². The molecule has 0 bridgehead atoms. The Morgan fingerprint density at radius 3 is 2.79 bits per heavy atom. The number of nitrogens with zero attached hydrogens (tertiary/aromatic N) is 2. The van der Waals surface area contributed by atoms with Gasteiger partial charge in [0.05, 0.1) is 12.0 Å². The first kappa shape index (κ1) is 18.7. The largest absolute Gasteiger partial charge is 0.500 e. The average Bonchev–Trinajstić information content (AvgIpc) is 3.11. The number of Topliss-reactive ketones (excluding diaryl/α,β-unsaturated/α-hetero) is 1. The Morgan fingerprint density at radius 2 is 2.14 bits per heavy atom. The molecule has 140 valence electrons. The van der Waals surface area contributed by atoms with Crippen molar-refractivity contribution in [2.24, 2.45) is 0 Å². The van der Waals surface area contributed by atoms with Crippen molar-refractivity contribution in [3.63, 3.8) is 0 Å². The van der Waals surface area contributed by atoms with E-state index in [2.05, 4.69) is 4.98 Å². The molecule has 0 fully saturated rings. The van der Waals surface area contributed by atoms with Crippen LogP contribution in [0.25, 0.3) is 17.0 Å². The summed E-state index contributed by atoms with van der Waals surface area (Å²) in [4.78, 5) is 26.3. The number of hydrogen-bond acceptors (Lipinski definition) is 6. The second kappa shape index (κ2) is 7.25. The number of aryl methyl sites for hydroxylation is 1. The van der Waals surface area contributed by atoms with Crippen LogP contribution in [-0.2, 0) is 0 Å². The van der Waals surface area contributed by atoms with Gasteiger partial charge in [0, 0.05) is 28.7 Å². The number of nitro benzene ring substituents is 1. The van der Waals surface area contributed by atoms with E-state index in [4.69, 9.17) is 4.74 Å². The summed E-state index contributed by atoms with van der Waals surface area (Å²) in [6.07, 6.45) is 2.76. The van der Waals surface area contributed by atoms with E-state index in [1.807, 2.05) is 31.2 Å². The maximum absolute atomic E-state index is 12.9. The lowest BCUT2D eigenvalue weighted by atomic mass is 9.99. The zero-order chi connectivity index (χ0) is 20.4. The average molecular weight is 377 g/mol. The number of nitriles is 1. The molecule has 1 heterocycles. The number of aromatic nitrogens is 1.